The summed E-state index contributed by atoms with van der Waals surface area (Å²) in [5.74, 6) is -1.20. The van der Waals surface area contributed by atoms with Gasteiger partial charge in [-0.15, -0.1) is 0 Å². The number of amides is 2. The molecule has 0 aromatic carbocycles. The Bertz CT molecular complexity index is 338. The quantitative estimate of drug-likeness (QED) is 0.710. The Kier molecular flexibility index (Phi) is 6.32. The summed E-state index contributed by atoms with van der Waals surface area (Å²) in [6.45, 7) is 3.70. The molecule has 108 valence electrons. The number of hydrogen-bond donors (Lipinski definition) is 2. The van der Waals surface area contributed by atoms with E-state index in [0.29, 0.717) is 13.0 Å². The summed E-state index contributed by atoms with van der Waals surface area (Å²) in [7, 11) is 0. The van der Waals surface area contributed by atoms with Gasteiger partial charge in [0.15, 0.2) is 0 Å². The van der Waals surface area contributed by atoms with Crippen molar-refractivity contribution in [3.63, 3.8) is 0 Å². The first kappa shape index (κ1) is 15.5. The molecule has 0 aromatic heterocycles. The van der Waals surface area contributed by atoms with Gasteiger partial charge in [0.2, 0.25) is 11.8 Å². The topological polar surface area (TPSA) is 86.7 Å². The maximum Gasteiger partial charge on any atom is 0.303 e. The van der Waals surface area contributed by atoms with E-state index < -0.39 is 5.97 Å². The van der Waals surface area contributed by atoms with E-state index in [0.717, 1.165) is 25.9 Å². The van der Waals surface area contributed by atoms with Gasteiger partial charge in [-0.25, -0.2) is 0 Å². The van der Waals surface area contributed by atoms with Gasteiger partial charge < -0.3 is 15.3 Å². The van der Waals surface area contributed by atoms with Crippen LogP contribution < -0.4 is 5.32 Å². The van der Waals surface area contributed by atoms with Crippen LogP contribution in [0.3, 0.4) is 0 Å². The first-order valence-electron chi connectivity index (χ1n) is 6.75. The van der Waals surface area contributed by atoms with Gasteiger partial charge >= 0.3 is 5.97 Å². The Balaban J connectivity index is 2.12. The molecule has 19 heavy (non-hydrogen) atoms. The van der Waals surface area contributed by atoms with Crippen LogP contribution >= 0.6 is 0 Å². The minimum atomic E-state index is -0.899. The highest BCUT2D eigenvalue weighted by Crippen LogP contribution is 2.09. The van der Waals surface area contributed by atoms with Crippen LogP contribution in [0.4, 0.5) is 0 Å². The number of hydrogen-bond acceptors (Lipinski definition) is 3. The summed E-state index contributed by atoms with van der Waals surface area (Å²) in [5, 5.41) is 11.2. The molecule has 0 aromatic rings. The second kappa shape index (κ2) is 7.76. The van der Waals surface area contributed by atoms with Crippen LogP contribution in [-0.4, -0.2) is 47.4 Å². The maximum atomic E-state index is 11.7. The van der Waals surface area contributed by atoms with Crippen molar-refractivity contribution < 1.29 is 19.5 Å². The molecule has 1 heterocycles. The molecular weight excluding hydrogens is 248 g/mol. The standard InChI is InChI=1S/C13H22N2O4/c1-10(9-13(18)19)8-11(16)14-5-4-12(17)15-6-2-3-7-15/h10H,2-9H2,1H3,(H,14,16)(H,18,19). The molecule has 2 amide bonds. The van der Waals surface area contributed by atoms with Crippen molar-refractivity contribution in [1.29, 1.82) is 0 Å². The van der Waals surface area contributed by atoms with Crippen molar-refractivity contribution >= 4 is 17.8 Å². The Morgan fingerprint density at radius 3 is 2.42 bits per heavy atom. The molecule has 0 saturated carbocycles. The zero-order chi connectivity index (χ0) is 14.3. The summed E-state index contributed by atoms with van der Waals surface area (Å²) in [6, 6.07) is 0. The predicted molar refractivity (Wildman–Crippen MR) is 69.5 cm³/mol. The summed E-state index contributed by atoms with van der Waals surface area (Å²) < 4.78 is 0. The minimum absolute atomic E-state index is 0.0138. The number of aliphatic carboxylic acids is 1. The Morgan fingerprint density at radius 1 is 1.21 bits per heavy atom. The second-order valence-corrected chi connectivity index (χ2v) is 5.10. The smallest absolute Gasteiger partial charge is 0.303 e. The van der Waals surface area contributed by atoms with E-state index in [1.54, 1.807) is 6.92 Å². The SMILES string of the molecule is CC(CC(=O)O)CC(=O)NCCC(=O)N1CCCC1. The van der Waals surface area contributed by atoms with Crippen LogP contribution in [0.25, 0.3) is 0 Å². The van der Waals surface area contributed by atoms with E-state index in [2.05, 4.69) is 5.32 Å². The summed E-state index contributed by atoms with van der Waals surface area (Å²) in [6.07, 6.45) is 2.61. The number of carboxylic acid groups (broad SMARTS) is 1. The van der Waals surface area contributed by atoms with Gasteiger partial charge in [0.05, 0.1) is 0 Å². The summed E-state index contributed by atoms with van der Waals surface area (Å²) in [5.41, 5.74) is 0. The fourth-order valence-corrected chi connectivity index (χ4v) is 2.19. The number of carbonyl (C=O) groups is 3. The van der Waals surface area contributed by atoms with E-state index in [1.807, 2.05) is 4.90 Å². The predicted octanol–water partition coefficient (Wildman–Crippen LogP) is 0.616. The average molecular weight is 270 g/mol. The van der Waals surface area contributed by atoms with Crippen LogP contribution in [0.1, 0.15) is 39.0 Å². The fraction of sp³-hybridized carbons (Fsp3) is 0.769. The lowest BCUT2D eigenvalue weighted by molar-refractivity contribution is -0.138. The third kappa shape index (κ3) is 6.22. The molecule has 0 bridgehead atoms. The fourth-order valence-electron chi connectivity index (χ4n) is 2.19. The average Bonchev–Trinajstić information content (AvgIpc) is 2.80. The molecule has 0 spiro atoms. The number of carboxylic acids is 1. The largest absolute Gasteiger partial charge is 0.481 e. The van der Waals surface area contributed by atoms with Crippen molar-refractivity contribution in [2.75, 3.05) is 19.6 Å². The Morgan fingerprint density at radius 2 is 1.84 bits per heavy atom. The van der Waals surface area contributed by atoms with Gasteiger partial charge in [-0.3, -0.25) is 14.4 Å². The van der Waals surface area contributed by atoms with Crippen LogP contribution in [0, 0.1) is 5.92 Å². The van der Waals surface area contributed by atoms with Crippen LogP contribution in [0.15, 0.2) is 0 Å². The van der Waals surface area contributed by atoms with Crippen molar-refractivity contribution in [2.45, 2.75) is 39.0 Å². The second-order valence-electron chi connectivity index (χ2n) is 5.10. The van der Waals surface area contributed by atoms with Gasteiger partial charge in [-0.1, -0.05) is 6.92 Å². The van der Waals surface area contributed by atoms with E-state index >= 15 is 0 Å². The molecule has 0 radical (unpaired) electrons. The molecule has 6 nitrogen and oxygen atoms in total. The monoisotopic (exact) mass is 270 g/mol. The lowest BCUT2D eigenvalue weighted by Crippen LogP contribution is -2.33. The summed E-state index contributed by atoms with van der Waals surface area (Å²) >= 11 is 0. The van der Waals surface area contributed by atoms with Crippen LogP contribution in [0.5, 0.6) is 0 Å². The summed E-state index contributed by atoms with van der Waals surface area (Å²) in [4.78, 5) is 35.5. The first-order chi connectivity index (χ1) is 8.99. The van der Waals surface area contributed by atoms with E-state index in [-0.39, 0.29) is 30.6 Å². The molecular formula is C13H22N2O4. The normalized spacial score (nSPS) is 16.2. The van der Waals surface area contributed by atoms with Crippen molar-refractivity contribution in [2.24, 2.45) is 5.92 Å². The zero-order valence-electron chi connectivity index (χ0n) is 11.4. The molecule has 2 N–H and O–H groups in total. The van der Waals surface area contributed by atoms with Gasteiger partial charge in [0.25, 0.3) is 0 Å². The van der Waals surface area contributed by atoms with Gasteiger partial charge in [0, 0.05) is 38.9 Å². The van der Waals surface area contributed by atoms with Gasteiger partial charge in [0.1, 0.15) is 0 Å². The third-order valence-electron chi connectivity index (χ3n) is 3.18. The number of carbonyl (C=O) groups excluding carboxylic acids is 2. The molecule has 0 aliphatic carbocycles. The van der Waals surface area contributed by atoms with Crippen LogP contribution in [0.2, 0.25) is 0 Å². The van der Waals surface area contributed by atoms with E-state index in [9.17, 15) is 14.4 Å². The molecule has 1 fully saturated rings. The van der Waals surface area contributed by atoms with Crippen molar-refractivity contribution in [3.05, 3.63) is 0 Å². The lowest BCUT2D eigenvalue weighted by Gasteiger charge is -2.15. The maximum absolute atomic E-state index is 11.7. The zero-order valence-corrected chi connectivity index (χ0v) is 11.4. The van der Waals surface area contributed by atoms with Crippen molar-refractivity contribution in [3.8, 4) is 0 Å². The Labute approximate surface area is 113 Å². The molecule has 6 heteroatoms. The molecule has 1 aliphatic heterocycles. The highest BCUT2D eigenvalue weighted by molar-refractivity contribution is 5.79. The molecule has 1 atom stereocenters. The Hall–Kier alpha value is -1.59. The van der Waals surface area contributed by atoms with Crippen molar-refractivity contribution in [1.82, 2.24) is 10.2 Å². The minimum Gasteiger partial charge on any atom is -0.481 e. The molecule has 1 rings (SSSR count). The number of nitrogens with zero attached hydrogens (tertiary/aromatic N) is 1. The third-order valence-corrected chi connectivity index (χ3v) is 3.18. The highest BCUT2D eigenvalue weighted by atomic mass is 16.4. The first-order valence-corrected chi connectivity index (χ1v) is 6.75. The molecule has 1 unspecified atom stereocenters. The number of rotatable bonds is 7. The number of nitrogens with one attached hydrogen (secondary N) is 1. The van der Waals surface area contributed by atoms with E-state index in [4.69, 9.17) is 5.11 Å². The molecule has 1 saturated heterocycles. The lowest BCUT2D eigenvalue weighted by atomic mass is 10.0. The van der Waals surface area contributed by atoms with E-state index in [1.165, 1.54) is 0 Å². The molecule has 1 aliphatic rings. The van der Waals surface area contributed by atoms with Gasteiger partial charge in [-0.05, 0) is 18.8 Å². The highest BCUT2D eigenvalue weighted by Gasteiger charge is 2.18. The number of likely N-dealkylation sites (tertiary alicyclic amines) is 1. The van der Waals surface area contributed by atoms with Gasteiger partial charge in [-0.2, -0.15) is 0 Å². The van der Waals surface area contributed by atoms with Crippen LogP contribution in [-0.2, 0) is 14.4 Å².